The number of cyclic esters (lactones) is 1. The molecule has 0 N–H and O–H groups in total. The maximum absolute atomic E-state index is 14.2. The molecule has 15 heteroatoms. The van der Waals surface area contributed by atoms with Crippen LogP contribution in [0.4, 0.5) is 0 Å². The third-order valence-corrected chi connectivity index (χ3v) is 14.7. The molecular weight excluding hydrogens is 696 g/mol. The van der Waals surface area contributed by atoms with Gasteiger partial charge in [-0.2, -0.15) is 0 Å². The van der Waals surface area contributed by atoms with Crippen molar-refractivity contribution in [2.45, 2.75) is 139 Å². The van der Waals surface area contributed by atoms with Gasteiger partial charge in [-0.3, -0.25) is 14.4 Å². The van der Waals surface area contributed by atoms with Crippen molar-refractivity contribution < 1.29 is 71.0 Å². The number of rotatable bonds is 7. The lowest BCUT2D eigenvalue weighted by molar-refractivity contribution is -0.474. The van der Waals surface area contributed by atoms with Crippen LogP contribution in [0.1, 0.15) is 92.7 Å². The monoisotopic (exact) mass is 740 g/mol. The molecule has 9 rings (SSSR count). The normalized spacial score (nSPS) is 51.8. The molecule has 4 aliphatic carbocycles. The smallest absolute Gasteiger partial charge is 0.341 e. The Morgan fingerprint density at radius 2 is 1.62 bits per heavy atom. The minimum Gasteiger partial charge on any atom is -0.472 e. The molecule has 2 spiro atoms. The fourth-order valence-electron chi connectivity index (χ4n) is 12.8. The molecule has 0 aromatic carbocycles. The minimum atomic E-state index is -2.12. The zero-order valence-corrected chi connectivity index (χ0v) is 31.1. The Morgan fingerprint density at radius 1 is 0.925 bits per heavy atom. The molecule has 286 valence electrons. The summed E-state index contributed by atoms with van der Waals surface area (Å²) < 4.78 is 63.6. The van der Waals surface area contributed by atoms with Crippen LogP contribution in [0.25, 0.3) is 0 Å². The average molecular weight is 741 g/mol. The van der Waals surface area contributed by atoms with Crippen molar-refractivity contribution in [1.29, 1.82) is 0 Å². The molecule has 1 aromatic heterocycles. The Balaban J connectivity index is 1.39. The summed E-state index contributed by atoms with van der Waals surface area (Å²) in [6, 6.07) is 1.71. The van der Waals surface area contributed by atoms with E-state index in [4.69, 9.17) is 47.0 Å². The summed E-state index contributed by atoms with van der Waals surface area (Å²) in [4.78, 5) is 68.9. The van der Waals surface area contributed by atoms with E-state index in [-0.39, 0.29) is 19.3 Å². The molecule has 4 aliphatic heterocycles. The maximum Gasteiger partial charge on any atom is 0.341 e. The number of hydrogen-bond acceptors (Lipinski definition) is 15. The van der Waals surface area contributed by atoms with E-state index in [9.17, 15) is 24.0 Å². The second-order valence-electron chi connectivity index (χ2n) is 17.2. The Bertz CT molecular complexity index is 1920. The number of methoxy groups -OCH3 is 1. The van der Waals surface area contributed by atoms with E-state index in [0.717, 1.165) is 0 Å². The SMILES string of the molecule is COC(=O)C[C@H]1[C@]2(C)CC34OC5(C)O[C@@]6(CC[C@]7(C)C(=CC(=O)O[C@H]7c7ccoc7)[C@@]6(O5)[C@H](OC(C)=O)[C@@]3(OC(C)=O)[C@H]2OC(=O)C2(C)OC2C)[C@@]14C. The largest absolute Gasteiger partial charge is 0.472 e. The molecule has 4 bridgehead atoms. The van der Waals surface area contributed by atoms with E-state index in [1.165, 1.54) is 39.6 Å². The first-order valence-electron chi connectivity index (χ1n) is 18.1. The van der Waals surface area contributed by atoms with Gasteiger partial charge in [0, 0.05) is 55.1 Å². The van der Waals surface area contributed by atoms with Crippen LogP contribution in [0.15, 0.2) is 34.7 Å². The third-order valence-electron chi connectivity index (χ3n) is 14.7. The van der Waals surface area contributed by atoms with E-state index >= 15 is 0 Å². The van der Waals surface area contributed by atoms with Gasteiger partial charge in [-0.1, -0.05) is 20.8 Å². The summed E-state index contributed by atoms with van der Waals surface area (Å²) in [6.45, 7) is 13.0. The fourth-order valence-corrected chi connectivity index (χ4v) is 12.8. The van der Waals surface area contributed by atoms with Crippen molar-refractivity contribution >= 4 is 29.8 Å². The van der Waals surface area contributed by atoms with Gasteiger partial charge in [-0.15, -0.1) is 0 Å². The highest BCUT2D eigenvalue weighted by atomic mass is 16.9. The Hall–Kier alpha value is -3.79. The first kappa shape index (κ1) is 34.9. The number of carbonyl (C=O) groups excluding carboxylic acids is 5. The summed E-state index contributed by atoms with van der Waals surface area (Å²) in [5.41, 5.74) is -11.2. The van der Waals surface area contributed by atoms with Crippen LogP contribution in [-0.2, 0) is 66.6 Å². The van der Waals surface area contributed by atoms with Crippen LogP contribution in [0.2, 0.25) is 0 Å². The number of fused-ring (bicyclic) bond motifs is 3. The predicted octanol–water partition coefficient (Wildman–Crippen LogP) is 3.52. The predicted molar refractivity (Wildman–Crippen MR) is 173 cm³/mol. The molecule has 7 fully saturated rings. The molecule has 5 heterocycles. The summed E-state index contributed by atoms with van der Waals surface area (Å²) in [7, 11) is 1.29. The van der Waals surface area contributed by atoms with E-state index in [1.807, 2.05) is 20.8 Å². The topological polar surface area (TPSA) is 185 Å². The van der Waals surface area contributed by atoms with Crippen LogP contribution in [0.3, 0.4) is 0 Å². The highest BCUT2D eigenvalue weighted by molar-refractivity contribution is 5.86. The second-order valence-corrected chi connectivity index (χ2v) is 17.2. The van der Waals surface area contributed by atoms with Gasteiger partial charge in [0.15, 0.2) is 23.4 Å². The number of esters is 5. The fraction of sp³-hybridized carbons (Fsp3) is 0.711. The van der Waals surface area contributed by atoms with E-state index in [0.29, 0.717) is 17.6 Å². The number of hydrogen-bond donors (Lipinski definition) is 0. The van der Waals surface area contributed by atoms with Crippen molar-refractivity contribution in [3.05, 3.63) is 35.8 Å². The van der Waals surface area contributed by atoms with Crippen molar-refractivity contribution in [1.82, 2.24) is 0 Å². The Kier molecular flexibility index (Phi) is 6.52. The molecular formula is C38H44O15. The van der Waals surface area contributed by atoms with Crippen LogP contribution < -0.4 is 0 Å². The van der Waals surface area contributed by atoms with Gasteiger partial charge in [0.25, 0.3) is 5.97 Å². The van der Waals surface area contributed by atoms with Crippen molar-refractivity contribution in [3.8, 4) is 0 Å². The van der Waals surface area contributed by atoms with Gasteiger partial charge < -0.3 is 47.0 Å². The standard InChI is InChI=1S/C38H44O15/c1-18-32(6,49-18)29(43)48-27-31(5)17-36-33(7,22(31)14-24(41)44-9)35-12-11-30(4)23(15-25(42)47-26(30)21-10-13-45-16-21)37(35,53-34(8,51-35)52-36)28(46-19(2)39)38(27,36)50-20(3)40/h10,13,15-16,18,22,26-28H,11-12,14,17H2,1-9H3/t18?,22-,26-,27-,28-,30+,31-,32?,33+,34?,35-,36?,37+,38-/m0/s1. The van der Waals surface area contributed by atoms with Crippen molar-refractivity contribution in [3.63, 3.8) is 0 Å². The molecule has 0 radical (unpaired) electrons. The third kappa shape index (κ3) is 3.55. The molecule has 0 amide bonds. The summed E-state index contributed by atoms with van der Waals surface area (Å²) in [6.07, 6.45) is 0.430. The summed E-state index contributed by atoms with van der Waals surface area (Å²) >= 11 is 0. The van der Waals surface area contributed by atoms with Gasteiger partial charge in [0.2, 0.25) is 5.60 Å². The van der Waals surface area contributed by atoms with E-state index in [2.05, 4.69) is 0 Å². The van der Waals surface area contributed by atoms with E-state index < -0.39 is 110 Å². The minimum absolute atomic E-state index is 0.0738. The Morgan fingerprint density at radius 3 is 2.23 bits per heavy atom. The van der Waals surface area contributed by atoms with Crippen LogP contribution in [0, 0.1) is 22.2 Å². The summed E-state index contributed by atoms with van der Waals surface area (Å²) in [5.74, 6) is -6.14. The van der Waals surface area contributed by atoms with Crippen molar-refractivity contribution in [2.75, 3.05) is 7.11 Å². The van der Waals surface area contributed by atoms with Gasteiger partial charge >= 0.3 is 29.8 Å². The number of furan rings is 1. The molecule has 53 heavy (non-hydrogen) atoms. The number of ether oxygens (including phenoxy) is 9. The number of carbonyl (C=O) groups is 5. The first-order chi connectivity index (χ1) is 24.7. The van der Waals surface area contributed by atoms with Gasteiger partial charge in [0.05, 0.1) is 25.7 Å². The first-order valence-corrected chi connectivity index (χ1v) is 18.1. The summed E-state index contributed by atoms with van der Waals surface area (Å²) in [5, 5.41) is 0. The Labute approximate surface area is 305 Å². The maximum atomic E-state index is 14.2. The highest BCUT2D eigenvalue weighted by Gasteiger charge is 3.05. The zero-order chi connectivity index (χ0) is 38.2. The molecule has 4 unspecified atom stereocenters. The lowest BCUT2D eigenvalue weighted by Gasteiger charge is -2.76. The van der Waals surface area contributed by atoms with E-state index in [1.54, 1.807) is 26.8 Å². The van der Waals surface area contributed by atoms with Gasteiger partial charge in [-0.25, -0.2) is 9.59 Å². The van der Waals surface area contributed by atoms with Crippen LogP contribution in [-0.4, -0.2) is 89.2 Å². The van der Waals surface area contributed by atoms with Crippen LogP contribution in [0.5, 0.6) is 0 Å². The molecule has 14 atom stereocenters. The molecule has 8 aliphatic rings. The van der Waals surface area contributed by atoms with Crippen LogP contribution >= 0.6 is 0 Å². The lowest BCUT2D eigenvalue weighted by Crippen LogP contribution is -2.93. The highest BCUT2D eigenvalue weighted by Crippen LogP contribution is 2.90. The van der Waals surface area contributed by atoms with Gasteiger partial charge in [0.1, 0.15) is 17.3 Å². The molecule has 4 saturated carbocycles. The average Bonchev–Trinajstić information content (AvgIpc) is 3.40. The van der Waals surface area contributed by atoms with Crippen molar-refractivity contribution in [2.24, 2.45) is 22.2 Å². The zero-order valence-electron chi connectivity index (χ0n) is 31.1. The molecule has 3 saturated heterocycles. The molecule has 15 nitrogen and oxygen atoms in total. The molecule has 1 aromatic rings. The van der Waals surface area contributed by atoms with Gasteiger partial charge in [-0.05, 0) is 50.7 Å². The quantitative estimate of drug-likeness (QED) is 0.225. The second kappa shape index (κ2) is 9.89. The number of epoxide rings is 1. The lowest BCUT2D eigenvalue weighted by atomic mass is 9.34.